The molecule has 0 spiro atoms. The molecular weight excluding hydrogens is 286 g/mol. The number of H-pyrrole nitrogens is 1. The van der Waals surface area contributed by atoms with Crippen LogP contribution < -0.4 is 10.2 Å². The van der Waals surface area contributed by atoms with Crippen molar-refractivity contribution in [3.63, 3.8) is 0 Å². The number of benzene rings is 1. The fraction of sp³-hybridized carbons (Fsp3) is 0.214. The number of nitrogens with one attached hydrogen (secondary N) is 2. The van der Waals surface area contributed by atoms with Gasteiger partial charge in [0.05, 0.1) is 28.6 Å². The van der Waals surface area contributed by atoms with Crippen LogP contribution in [0.25, 0.3) is 21.3 Å². The summed E-state index contributed by atoms with van der Waals surface area (Å²) in [4.78, 5) is 25.6. The molecule has 2 amide bonds. The highest BCUT2D eigenvalue weighted by Crippen LogP contribution is 2.34. The van der Waals surface area contributed by atoms with Crippen molar-refractivity contribution in [2.45, 2.75) is 13.0 Å². The van der Waals surface area contributed by atoms with Crippen LogP contribution in [0.2, 0.25) is 0 Å². The molecule has 1 fully saturated rings. The highest BCUT2D eigenvalue weighted by Gasteiger charge is 2.33. The number of amides is 2. The molecule has 1 unspecified atom stereocenters. The van der Waals surface area contributed by atoms with Crippen LogP contribution in [0.5, 0.6) is 0 Å². The van der Waals surface area contributed by atoms with Crippen molar-refractivity contribution in [3.05, 3.63) is 18.5 Å². The maximum Gasteiger partial charge on any atom is 0.324 e. The van der Waals surface area contributed by atoms with Crippen LogP contribution in [-0.2, 0) is 0 Å². The van der Waals surface area contributed by atoms with E-state index in [1.54, 1.807) is 18.2 Å². The van der Waals surface area contributed by atoms with Gasteiger partial charge in [-0.3, -0.25) is 4.90 Å². The van der Waals surface area contributed by atoms with Crippen LogP contribution in [0.15, 0.2) is 18.5 Å². The molecule has 0 bridgehead atoms. The van der Waals surface area contributed by atoms with E-state index in [0.29, 0.717) is 11.7 Å². The normalized spacial score (nSPS) is 18.0. The number of urea groups is 1. The van der Waals surface area contributed by atoms with Crippen LogP contribution in [0.3, 0.4) is 0 Å². The Morgan fingerprint density at radius 1 is 1.48 bits per heavy atom. The first-order valence-corrected chi connectivity index (χ1v) is 7.31. The molecule has 1 aromatic carbocycles. The van der Waals surface area contributed by atoms with E-state index in [9.17, 15) is 4.79 Å². The second-order valence-corrected chi connectivity index (χ2v) is 5.68. The number of imidazole rings is 1. The molecule has 1 atom stereocenters. The van der Waals surface area contributed by atoms with Gasteiger partial charge in [-0.25, -0.2) is 14.8 Å². The van der Waals surface area contributed by atoms with Crippen molar-refractivity contribution in [1.82, 2.24) is 20.3 Å². The molecule has 1 aliphatic heterocycles. The summed E-state index contributed by atoms with van der Waals surface area (Å²) in [5.41, 5.74) is 2.61. The van der Waals surface area contributed by atoms with Gasteiger partial charge in [-0.05, 0) is 19.1 Å². The zero-order chi connectivity index (χ0) is 14.4. The van der Waals surface area contributed by atoms with Crippen molar-refractivity contribution in [2.75, 3.05) is 11.4 Å². The summed E-state index contributed by atoms with van der Waals surface area (Å²) in [7, 11) is 0. The van der Waals surface area contributed by atoms with Gasteiger partial charge in [0, 0.05) is 0 Å². The summed E-state index contributed by atoms with van der Waals surface area (Å²) in [6.07, 6.45) is 1.65. The standard InChI is InChI=1S/C14H11N5OS/c1-2-3-8-6-15-13(20)19(8)14-18-12-10(21-14)5-4-9-11(12)17-7-16-9/h4-5,7-8H,6H2,1H3,(H,15,20)(H,16,17). The summed E-state index contributed by atoms with van der Waals surface area (Å²) in [6.45, 7) is 2.29. The maximum absolute atomic E-state index is 12.0. The van der Waals surface area contributed by atoms with Crippen molar-refractivity contribution < 1.29 is 4.79 Å². The zero-order valence-corrected chi connectivity index (χ0v) is 12.0. The van der Waals surface area contributed by atoms with E-state index >= 15 is 0 Å². The number of aromatic nitrogens is 3. The summed E-state index contributed by atoms with van der Waals surface area (Å²) < 4.78 is 1.02. The smallest absolute Gasteiger partial charge is 0.324 e. The van der Waals surface area contributed by atoms with E-state index in [0.717, 1.165) is 21.3 Å². The lowest BCUT2D eigenvalue weighted by Gasteiger charge is -2.14. The summed E-state index contributed by atoms with van der Waals surface area (Å²) >= 11 is 1.48. The minimum Gasteiger partial charge on any atom is -0.343 e. The Balaban J connectivity index is 1.89. The van der Waals surface area contributed by atoms with Crippen LogP contribution in [-0.4, -0.2) is 33.6 Å². The first-order chi connectivity index (χ1) is 10.3. The summed E-state index contributed by atoms with van der Waals surface area (Å²) in [5.74, 6) is 5.91. The molecule has 0 aliphatic carbocycles. The topological polar surface area (TPSA) is 73.9 Å². The Kier molecular flexibility index (Phi) is 2.59. The molecule has 3 heterocycles. The Morgan fingerprint density at radius 2 is 2.38 bits per heavy atom. The molecule has 0 saturated carbocycles. The highest BCUT2D eigenvalue weighted by atomic mass is 32.1. The summed E-state index contributed by atoms with van der Waals surface area (Å²) in [6, 6.07) is 3.61. The van der Waals surface area contributed by atoms with Gasteiger partial charge in [0.1, 0.15) is 11.6 Å². The van der Waals surface area contributed by atoms with Crippen LogP contribution in [0, 0.1) is 11.8 Å². The predicted octanol–water partition coefficient (Wildman–Crippen LogP) is 2.09. The fourth-order valence-corrected chi connectivity index (χ4v) is 3.52. The molecule has 6 nitrogen and oxygen atoms in total. The molecule has 7 heteroatoms. The number of fused-ring (bicyclic) bond motifs is 3. The minimum absolute atomic E-state index is 0.150. The van der Waals surface area contributed by atoms with Gasteiger partial charge in [-0.1, -0.05) is 17.3 Å². The van der Waals surface area contributed by atoms with Gasteiger partial charge >= 0.3 is 6.03 Å². The fourth-order valence-electron chi connectivity index (χ4n) is 2.50. The van der Waals surface area contributed by atoms with Crippen molar-refractivity contribution in [1.29, 1.82) is 0 Å². The van der Waals surface area contributed by atoms with E-state index in [1.807, 2.05) is 12.1 Å². The Hall–Kier alpha value is -2.59. The first-order valence-electron chi connectivity index (χ1n) is 6.50. The van der Waals surface area contributed by atoms with E-state index in [4.69, 9.17) is 0 Å². The number of carbonyl (C=O) groups excluding carboxylic acids is 1. The lowest BCUT2D eigenvalue weighted by molar-refractivity contribution is 0.252. The van der Waals surface area contributed by atoms with Crippen LogP contribution in [0.4, 0.5) is 9.93 Å². The monoisotopic (exact) mass is 297 g/mol. The van der Waals surface area contributed by atoms with E-state index < -0.39 is 0 Å². The molecule has 1 saturated heterocycles. The highest BCUT2D eigenvalue weighted by molar-refractivity contribution is 7.22. The molecule has 2 aromatic heterocycles. The third-order valence-corrected chi connectivity index (χ3v) is 4.45. The number of carbonyl (C=O) groups is 1. The number of rotatable bonds is 1. The number of hydrogen-bond donors (Lipinski definition) is 2. The molecule has 0 radical (unpaired) electrons. The van der Waals surface area contributed by atoms with Crippen molar-refractivity contribution >= 4 is 43.7 Å². The van der Waals surface area contributed by atoms with Gasteiger partial charge in [-0.2, -0.15) is 0 Å². The van der Waals surface area contributed by atoms with E-state index in [-0.39, 0.29) is 12.1 Å². The minimum atomic E-state index is -0.166. The van der Waals surface area contributed by atoms with E-state index in [1.165, 1.54) is 11.3 Å². The number of thiazole rings is 1. The average Bonchev–Trinajstić information content (AvgIpc) is 3.15. The third kappa shape index (κ3) is 1.76. The average molecular weight is 297 g/mol. The van der Waals surface area contributed by atoms with Gasteiger partial charge in [-0.15, -0.1) is 5.92 Å². The van der Waals surface area contributed by atoms with E-state index in [2.05, 4.69) is 32.1 Å². The zero-order valence-electron chi connectivity index (χ0n) is 11.2. The number of aromatic amines is 1. The largest absolute Gasteiger partial charge is 0.343 e. The van der Waals surface area contributed by atoms with Gasteiger partial charge in [0.25, 0.3) is 0 Å². The van der Waals surface area contributed by atoms with Crippen LogP contribution >= 0.6 is 11.3 Å². The number of nitrogens with zero attached hydrogens (tertiary/aromatic N) is 3. The molecule has 104 valence electrons. The number of hydrogen-bond acceptors (Lipinski definition) is 4. The lowest BCUT2D eigenvalue weighted by atomic mass is 10.3. The second kappa shape index (κ2) is 4.46. The molecule has 2 N–H and O–H groups in total. The summed E-state index contributed by atoms with van der Waals surface area (Å²) in [5, 5.41) is 3.47. The van der Waals surface area contributed by atoms with Crippen molar-refractivity contribution in [2.24, 2.45) is 0 Å². The molecule has 4 rings (SSSR count). The molecule has 1 aliphatic rings. The quantitative estimate of drug-likeness (QED) is 0.675. The van der Waals surface area contributed by atoms with Gasteiger partial charge in [0.15, 0.2) is 5.13 Å². The molecular formula is C14H11N5OS. The molecule has 21 heavy (non-hydrogen) atoms. The Morgan fingerprint density at radius 3 is 3.24 bits per heavy atom. The van der Waals surface area contributed by atoms with Gasteiger partial charge < -0.3 is 10.3 Å². The van der Waals surface area contributed by atoms with Crippen molar-refractivity contribution in [3.8, 4) is 11.8 Å². The SMILES string of the molecule is CC#CC1CNC(=O)N1c1nc2c(ccc3nc[nH]c32)s1. The molecule has 3 aromatic rings. The number of anilines is 1. The predicted molar refractivity (Wildman–Crippen MR) is 82.4 cm³/mol. The second-order valence-electron chi connectivity index (χ2n) is 4.67. The lowest BCUT2D eigenvalue weighted by Crippen LogP contribution is -2.33. The van der Waals surface area contributed by atoms with Crippen LogP contribution in [0.1, 0.15) is 6.92 Å². The van der Waals surface area contributed by atoms with Gasteiger partial charge in [0.2, 0.25) is 0 Å². The third-order valence-electron chi connectivity index (χ3n) is 3.43. The maximum atomic E-state index is 12.0. The first kappa shape index (κ1) is 12.2. The Bertz CT molecular complexity index is 916. The Labute approximate surface area is 124 Å².